The van der Waals surface area contributed by atoms with Crippen LogP contribution in [0.1, 0.15) is 6.42 Å². The summed E-state index contributed by atoms with van der Waals surface area (Å²) in [6.07, 6.45) is 4.58. The first kappa shape index (κ1) is 21.6. The molecule has 2 amide bonds. The molecule has 1 aromatic rings. The Morgan fingerprint density at radius 3 is 2.55 bits per heavy atom. The maximum absolute atomic E-state index is 13.0. The Morgan fingerprint density at radius 1 is 1.10 bits per heavy atom. The zero-order valence-corrected chi connectivity index (χ0v) is 18.5. The normalized spacial score (nSPS) is 25.1. The van der Waals surface area contributed by atoms with Gasteiger partial charge in [-0.1, -0.05) is 12.2 Å². The second kappa shape index (κ2) is 9.28. The van der Waals surface area contributed by atoms with Gasteiger partial charge in [-0.25, -0.2) is 0 Å². The number of ether oxygens (including phenoxy) is 2. The first-order valence-electron chi connectivity index (χ1n) is 10.9. The van der Waals surface area contributed by atoms with Crippen molar-refractivity contribution in [3.63, 3.8) is 0 Å². The molecule has 0 aliphatic carbocycles. The minimum atomic E-state index is -0.868. The highest BCUT2D eigenvalue weighted by molar-refractivity contribution is 5.86. The maximum atomic E-state index is 13.0. The van der Waals surface area contributed by atoms with Gasteiger partial charge in [0.25, 0.3) is 5.91 Å². The fourth-order valence-corrected chi connectivity index (χ4v) is 4.57. The van der Waals surface area contributed by atoms with Crippen LogP contribution < -0.4 is 9.64 Å². The highest BCUT2D eigenvalue weighted by Crippen LogP contribution is 2.27. The molecule has 4 rings (SSSR count). The average molecular weight is 429 g/mol. The highest BCUT2D eigenvalue weighted by Gasteiger charge is 2.45. The molecule has 2 fully saturated rings. The number of likely N-dealkylation sites (N-methyl/N-ethyl adjacent to an activating group) is 1. The zero-order valence-electron chi connectivity index (χ0n) is 18.5. The van der Waals surface area contributed by atoms with Crippen LogP contribution in [-0.4, -0.2) is 105 Å². The van der Waals surface area contributed by atoms with E-state index in [9.17, 15) is 9.59 Å². The van der Waals surface area contributed by atoms with Gasteiger partial charge < -0.3 is 24.2 Å². The molecule has 8 nitrogen and oxygen atoms in total. The Labute approximate surface area is 184 Å². The fourth-order valence-electron chi connectivity index (χ4n) is 4.57. The van der Waals surface area contributed by atoms with Gasteiger partial charge in [-0.2, -0.15) is 0 Å². The Morgan fingerprint density at radius 2 is 1.84 bits per heavy atom. The van der Waals surface area contributed by atoms with Crippen LogP contribution in [0.5, 0.6) is 5.75 Å². The van der Waals surface area contributed by atoms with Gasteiger partial charge in [0.15, 0.2) is 5.60 Å². The lowest BCUT2D eigenvalue weighted by Crippen LogP contribution is -2.61. The molecule has 0 radical (unpaired) electrons. The molecule has 2 saturated heterocycles. The molecular weight excluding hydrogens is 396 g/mol. The van der Waals surface area contributed by atoms with Crippen LogP contribution in [-0.2, 0) is 14.3 Å². The standard InChI is InChI=1S/C23H32N4O4/c1-24-10-4-3-9-23(22(24)29)18-25(15-16-31-23)17-21(28)27-13-11-26(12-14-27)19-5-7-20(30-2)8-6-19/h3-8H,9-18H2,1-2H3/t23-/m0/s1. The number of hydrogen-bond acceptors (Lipinski definition) is 6. The molecule has 3 heterocycles. The van der Waals surface area contributed by atoms with Gasteiger partial charge in [0, 0.05) is 65.0 Å². The Hall–Kier alpha value is -2.58. The topological polar surface area (TPSA) is 65.6 Å². The molecule has 1 spiro atoms. The van der Waals surface area contributed by atoms with Crippen molar-refractivity contribution in [2.45, 2.75) is 12.0 Å². The molecule has 0 bridgehead atoms. The van der Waals surface area contributed by atoms with E-state index in [4.69, 9.17) is 9.47 Å². The number of piperazine rings is 1. The van der Waals surface area contributed by atoms with Crippen molar-refractivity contribution in [1.82, 2.24) is 14.7 Å². The molecule has 3 aliphatic heterocycles. The van der Waals surface area contributed by atoms with Crippen LogP contribution in [0, 0.1) is 0 Å². The Kier molecular flexibility index (Phi) is 6.48. The van der Waals surface area contributed by atoms with E-state index in [1.54, 1.807) is 19.1 Å². The van der Waals surface area contributed by atoms with E-state index in [0.717, 1.165) is 24.5 Å². The number of carbonyl (C=O) groups is 2. The van der Waals surface area contributed by atoms with Gasteiger partial charge in [-0.05, 0) is 24.3 Å². The van der Waals surface area contributed by atoms with Crippen LogP contribution in [0.15, 0.2) is 36.4 Å². The summed E-state index contributed by atoms with van der Waals surface area (Å²) in [7, 11) is 3.46. The van der Waals surface area contributed by atoms with Crippen LogP contribution in [0.25, 0.3) is 0 Å². The van der Waals surface area contributed by atoms with Crippen molar-refractivity contribution >= 4 is 17.5 Å². The summed E-state index contributed by atoms with van der Waals surface area (Å²) in [6.45, 7) is 5.52. The third kappa shape index (κ3) is 4.70. The first-order valence-corrected chi connectivity index (χ1v) is 10.9. The van der Waals surface area contributed by atoms with Crippen molar-refractivity contribution in [2.75, 3.05) is 78.0 Å². The summed E-state index contributed by atoms with van der Waals surface area (Å²) in [4.78, 5) is 33.9. The Bertz CT molecular complexity index is 819. The summed E-state index contributed by atoms with van der Waals surface area (Å²) >= 11 is 0. The third-order valence-corrected chi connectivity index (χ3v) is 6.42. The fraction of sp³-hybridized carbons (Fsp3) is 0.565. The van der Waals surface area contributed by atoms with E-state index in [2.05, 4.69) is 21.9 Å². The van der Waals surface area contributed by atoms with Gasteiger partial charge in [0.2, 0.25) is 5.91 Å². The maximum Gasteiger partial charge on any atom is 0.256 e. The number of hydrogen-bond donors (Lipinski definition) is 0. The molecule has 8 heteroatoms. The smallest absolute Gasteiger partial charge is 0.256 e. The summed E-state index contributed by atoms with van der Waals surface area (Å²) in [5.74, 6) is 0.967. The molecule has 0 aromatic heterocycles. The molecule has 0 unspecified atom stereocenters. The number of nitrogens with zero attached hydrogens (tertiary/aromatic N) is 4. The number of carbonyl (C=O) groups excluding carboxylic acids is 2. The largest absolute Gasteiger partial charge is 0.497 e. The summed E-state index contributed by atoms with van der Waals surface area (Å²) in [5, 5.41) is 0. The van der Waals surface area contributed by atoms with Gasteiger partial charge >= 0.3 is 0 Å². The van der Waals surface area contributed by atoms with Crippen LogP contribution >= 0.6 is 0 Å². The first-order chi connectivity index (χ1) is 15.0. The SMILES string of the molecule is COc1ccc(N2CCN(C(=O)CN3CCO[C@@]4(CC=CCN(C)C4=O)C3)CC2)cc1. The Balaban J connectivity index is 1.31. The quantitative estimate of drug-likeness (QED) is 0.662. The van der Waals surface area contributed by atoms with Gasteiger partial charge in [-0.3, -0.25) is 14.5 Å². The van der Waals surface area contributed by atoms with E-state index in [0.29, 0.717) is 52.3 Å². The molecular formula is C23H32N4O4. The number of methoxy groups -OCH3 is 1. The van der Waals surface area contributed by atoms with Gasteiger partial charge in [0.1, 0.15) is 5.75 Å². The third-order valence-electron chi connectivity index (χ3n) is 6.42. The molecule has 0 N–H and O–H groups in total. The molecule has 3 aliphatic rings. The molecule has 1 aromatic carbocycles. The van der Waals surface area contributed by atoms with Crippen molar-refractivity contribution in [3.8, 4) is 5.75 Å². The van der Waals surface area contributed by atoms with E-state index in [1.807, 2.05) is 29.2 Å². The summed E-state index contributed by atoms with van der Waals surface area (Å²) < 4.78 is 11.2. The van der Waals surface area contributed by atoms with Gasteiger partial charge in [-0.15, -0.1) is 0 Å². The highest BCUT2D eigenvalue weighted by atomic mass is 16.5. The summed E-state index contributed by atoms with van der Waals surface area (Å²) in [5.41, 5.74) is 0.278. The monoisotopic (exact) mass is 428 g/mol. The molecule has 168 valence electrons. The zero-order chi connectivity index (χ0) is 21.8. The number of rotatable bonds is 4. The second-order valence-electron chi connectivity index (χ2n) is 8.48. The summed E-state index contributed by atoms with van der Waals surface area (Å²) in [6, 6.07) is 8.03. The van der Waals surface area contributed by atoms with Crippen molar-refractivity contribution in [3.05, 3.63) is 36.4 Å². The van der Waals surface area contributed by atoms with Crippen molar-refractivity contribution in [2.24, 2.45) is 0 Å². The minimum Gasteiger partial charge on any atom is -0.497 e. The number of amides is 2. The minimum absolute atomic E-state index is 0.00255. The van der Waals surface area contributed by atoms with Crippen LogP contribution in [0.3, 0.4) is 0 Å². The predicted molar refractivity (Wildman–Crippen MR) is 118 cm³/mol. The second-order valence-corrected chi connectivity index (χ2v) is 8.48. The van der Waals surface area contributed by atoms with Crippen molar-refractivity contribution in [1.29, 1.82) is 0 Å². The number of anilines is 1. The lowest BCUT2D eigenvalue weighted by atomic mass is 9.95. The predicted octanol–water partition coefficient (Wildman–Crippen LogP) is 0.833. The molecule has 1 atom stereocenters. The lowest BCUT2D eigenvalue weighted by Gasteiger charge is -2.42. The average Bonchev–Trinajstić information content (AvgIpc) is 2.93. The number of benzene rings is 1. The van der Waals surface area contributed by atoms with Crippen LogP contribution in [0.2, 0.25) is 0 Å². The lowest BCUT2D eigenvalue weighted by molar-refractivity contribution is -0.169. The number of morpholine rings is 1. The molecule has 0 saturated carbocycles. The van der Waals surface area contributed by atoms with Gasteiger partial charge in [0.05, 0.1) is 20.3 Å². The van der Waals surface area contributed by atoms with E-state index in [-0.39, 0.29) is 11.8 Å². The van der Waals surface area contributed by atoms with E-state index in [1.165, 1.54) is 0 Å². The molecule has 31 heavy (non-hydrogen) atoms. The van der Waals surface area contributed by atoms with Crippen LogP contribution in [0.4, 0.5) is 5.69 Å². The van der Waals surface area contributed by atoms with E-state index < -0.39 is 5.60 Å². The van der Waals surface area contributed by atoms with Crippen molar-refractivity contribution < 1.29 is 19.1 Å². The van der Waals surface area contributed by atoms with E-state index >= 15 is 0 Å².